The summed E-state index contributed by atoms with van der Waals surface area (Å²) in [6, 6.07) is 9.21. The van der Waals surface area contributed by atoms with E-state index >= 15 is 0 Å². The fraction of sp³-hybridized carbons (Fsp3) is 0.200. The van der Waals surface area contributed by atoms with Crippen LogP contribution in [0.4, 0.5) is 5.69 Å². The third-order valence-electron chi connectivity index (χ3n) is 3.08. The van der Waals surface area contributed by atoms with Crippen LogP contribution in [0.1, 0.15) is 5.56 Å². The molecule has 0 aromatic heterocycles. The van der Waals surface area contributed by atoms with Gasteiger partial charge in [0.25, 0.3) is 0 Å². The van der Waals surface area contributed by atoms with Crippen LogP contribution >= 0.6 is 11.6 Å². The van der Waals surface area contributed by atoms with Crippen molar-refractivity contribution in [1.29, 1.82) is 0 Å². The average molecular weight is 293 g/mol. The summed E-state index contributed by atoms with van der Waals surface area (Å²) in [7, 11) is 3.18. The Morgan fingerprint density at radius 2 is 1.85 bits per heavy atom. The van der Waals surface area contributed by atoms with Gasteiger partial charge in [-0.15, -0.1) is 0 Å². The lowest BCUT2D eigenvalue weighted by molar-refractivity contribution is 0.352. The topological polar surface area (TPSA) is 70.5 Å². The lowest BCUT2D eigenvalue weighted by atomic mass is 10.0. The molecule has 2 rings (SSSR count). The highest BCUT2D eigenvalue weighted by molar-refractivity contribution is 6.33. The van der Waals surface area contributed by atoms with E-state index in [-0.39, 0.29) is 0 Å². The highest BCUT2D eigenvalue weighted by atomic mass is 35.5. The van der Waals surface area contributed by atoms with Crippen molar-refractivity contribution in [1.82, 2.24) is 0 Å². The maximum absolute atomic E-state index is 6.25. The standard InChI is InChI=1S/C15H17ClN2O2/c1-19-14-6-9(5-10(8-17)15(14)20-2)12-4-3-11(18)7-13(12)16/h3-7H,8,17-18H2,1-2H3. The molecule has 4 nitrogen and oxygen atoms in total. The van der Waals surface area contributed by atoms with E-state index in [0.717, 1.165) is 16.7 Å². The summed E-state index contributed by atoms with van der Waals surface area (Å²) in [6.45, 7) is 0.347. The molecule has 4 N–H and O–H groups in total. The number of anilines is 1. The maximum Gasteiger partial charge on any atom is 0.165 e. The van der Waals surface area contributed by atoms with Crippen LogP contribution in [-0.2, 0) is 6.54 Å². The van der Waals surface area contributed by atoms with E-state index < -0.39 is 0 Å². The summed E-state index contributed by atoms with van der Waals surface area (Å²) in [6.07, 6.45) is 0. The molecule has 2 aromatic carbocycles. The molecule has 0 aliphatic heterocycles. The van der Waals surface area contributed by atoms with Crippen molar-refractivity contribution in [3.05, 3.63) is 40.9 Å². The first kappa shape index (κ1) is 14.5. The SMILES string of the molecule is COc1cc(-c2ccc(N)cc2Cl)cc(CN)c1OC. The van der Waals surface area contributed by atoms with Crippen molar-refractivity contribution in [2.45, 2.75) is 6.54 Å². The van der Waals surface area contributed by atoms with Gasteiger partial charge in [-0.3, -0.25) is 0 Å². The number of ether oxygens (including phenoxy) is 2. The number of methoxy groups -OCH3 is 2. The zero-order chi connectivity index (χ0) is 14.7. The van der Waals surface area contributed by atoms with Crippen molar-refractivity contribution in [2.75, 3.05) is 20.0 Å². The minimum absolute atomic E-state index is 0.347. The van der Waals surface area contributed by atoms with Crippen LogP contribution in [0.5, 0.6) is 11.5 Å². The Morgan fingerprint density at radius 3 is 2.40 bits per heavy atom. The molecular weight excluding hydrogens is 276 g/mol. The predicted octanol–water partition coefficient (Wildman–Crippen LogP) is 3.07. The highest BCUT2D eigenvalue weighted by Crippen LogP contribution is 2.38. The number of rotatable bonds is 4. The average Bonchev–Trinajstić information content (AvgIpc) is 2.45. The van der Waals surface area contributed by atoms with Crippen LogP contribution in [-0.4, -0.2) is 14.2 Å². The number of halogens is 1. The summed E-state index contributed by atoms with van der Waals surface area (Å²) < 4.78 is 10.7. The molecule has 106 valence electrons. The smallest absolute Gasteiger partial charge is 0.165 e. The maximum atomic E-state index is 6.25. The van der Waals surface area contributed by atoms with E-state index in [1.54, 1.807) is 26.4 Å². The number of hydrogen-bond donors (Lipinski definition) is 2. The molecule has 5 heteroatoms. The van der Waals surface area contributed by atoms with Gasteiger partial charge in [0.2, 0.25) is 0 Å². The van der Waals surface area contributed by atoms with Crippen LogP contribution in [0, 0.1) is 0 Å². The van der Waals surface area contributed by atoms with Gasteiger partial charge < -0.3 is 20.9 Å². The minimum atomic E-state index is 0.347. The largest absolute Gasteiger partial charge is 0.493 e. The zero-order valence-corrected chi connectivity index (χ0v) is 12.2. The van der Waals surface area contributed by atoms with E-state index in [1.807, 2.05) is 18.2 Å². The summed E-state index contributed by atoms with van der Waals surface area (Å²) in [4.78, 5) is 0. The van der Waals surface area contributed by atoms with Gasteiger partial charge in [0, 0.05) is 23.4 Å². The van der Waals surface area contributed by atoms with Gasteiger partial charge >= 0.3 is 0 Å². The lowest BCUT2D eigenvalue weighted by Gasteiger charge is -2.15. The van der Waals surface area contributed by atoms with E-state index in [1.165, 1.54) is 0 Å². The fourth-order valence-corrected chi connectivity index (χ4v) is 2.41. The Balaban J connectivity index is 2.62. The second kappa shape index (κ2) is 6.03. The van der Waals surface area contributed by atoms with Crippen molar-refractivity contribution in [2.24, 2.45) is 5.73 Å². The van der Waals surface area contributed by atoms with Crippen molar-refractivity contribution >= 4 is 17.3 Å². The number of nitrogens with two attached hydrogens (primary N) is 2. The van der Waals surface area contributed by atoms with E-state index in [0.29, 0.717) is 28.8 Å². The molecule has 0 saturated heterocycles. The monoisotopic (exact) mass is 292 g/mol. The van der Waals surface area contributed by atoms with Crippen LogP contribution < -0.4 is 20.9 Å². The Morgan fingerprint density at radius 1 is 1.10 bits per heavy atom. The second-order valence-corrected chi connectivity index (χ2v) is 4.72. The predicted molar refractivity (Wildman–Crippen MR) is 82.3 cm³/mol. The molecule has 0 bridgehead atoms. The first-order valence-corrected chi connectivity index (χ1v) is 6.48. The summed E-state index contributed by atoms with van der Waals surface area (Å²) in [5.74, 6) is 1.27. The summed E-state index contributed by atoms with van der Waals surface area (Å²) in [5.41, 5.74) is 14.7. The molecule has 0 saturated carbocycles. The molecule has 0 unspecified atom stereocenters. The van der Waals surface area contributed by atoms with Gasteiger partial charge in [0.1, 0.15) is 0 Å². The molecule has 0 aliphatic rings. The lowest BCUT2D eigenvalue weighted by Crippen LogP contribution is -2.02. The number of nitrogen functional groups attached to an aromatic ring is 1. The molecule has 2 aromatic rings. The molecular formula is C15H17ClN2O2. The van der Waals surface area contributed by atoms with Gasteiger partial charge in [0.15, 0.2) is 11.5 Å². The third kappa shape index (κ3) is 2.66. The van der Waals surface area contributed by atoms with Crippen molar-refractivity contribution in [3.8, 4) is 22.6 Å². The number of hydrogen-bond acceptors (Lipinski definition) is 4. The van der Waals surface area contributed by atoms with Crippen LogP contribution in [0.2, 0.25) is 5.02 Å². The van der Waals surface area contributed by atoms with Crippen molar-refractivity contribution in [3.63, 3.8) is 0 Å². The summed E-state index contributed by atoms with van der Waals surface area (Å²) in [5, 5.41) is 0.584. The molecule has 0 amide bonds. The molecule has 0 aliphatic carbocycles. The molecule has 20 heavy (non-hydrogen) atoms. The minimum Gasteiger partial charge on any atom is -0.493 e. The summed E-state index contributed by atoms with van der Waals surface area (Å²) >= 11 is 6.25. The Kier molecular flexibility index (Phi) is 4.37. The zero-order valence-electron chi connectivity index (χ0n) is 11.4. The van der Waals surface area contributed by atoms with Crippen LogP contribution in [0.15, 0.2) is 30.3 Å². The molecule has 0 fully saturated rings. The van der Waals surface area contributed by atoms with Crippen molar-refractivity contribution < 1.29 is 9.47 Å². The number of benzene rings is 2. The Labute approximate surface area is 123 Å². The van der Waals surface area contributed by atoms with Crippen LogP contribution in [0.25, 0.3) is 11.1 Å². The van der Waals surface area contributed by atoms with Gasteiger partial charge in [-0.2, -0.15) is 0 Å². The van der Waals surface area contributed by atoms with E-state index in [9.17, 15) is 0 Å². The van der Waals surface area contributed by atoms with Crippen LogP contribution in [0.3, 0.4) is 0 Å². The Hall–Kier alpha value is -1.91. The third-order valence-corrected chi connectivity index (χ3v) is 3.39. The normalized spacial score (nSPS) is 10.4. The van der Waals surface area contributed by atoms with Gasteiger partial charge in [-0.1, -0.05) is 17.7 Å². The molecule has 0 spiro atoms. The van der Waals surface area contributed by atoms with Gasteiger partial charge in [-0.05, 0) is 29.8 Å². The second-order valence-electron chi connectivity index (χ2n) is 4.31. The first-order valence-electron chi connectivity index (χ1n) is 6.11. The van der Waals surface area contributed by atoms with Gasteiger partial charge in [0.05, 0.1) is 19.2 Å². The fourth-order valence-electron chi connectivity index (χ4n) is 2.12. The van der Waals surface area contributed by atoms with E-state index in [2.05, 4.69) is 0 Å². The molecule has 0 atom stereocenters. The quantitative estimate of drug-likeness (QED) is 0.850. The molecule has 0 heterocycles. The van der Waals surface area contributed by atoms with E-state index in [4.69, 9.17) is 32.5 Å². The Bertz CT molecular complexity index is 604. The van der Waals surface area contributed by atoms with Gasteiger partial charge in [-0.25, -0.2) is 0 Å². The molecule has 0 radical (unpaired) electrons. The first-order chi connectivity index (χ1) is 9.60. The highest BCUT2D eigenvalue weighted by Gasteiger charge is 2.14.